The molecule has 1 rings (SSSR count). The lowest BCUT2D eigenvalue weighted by molar-refractivity contribution is 0.397. The summed E-state index contributed by atoms with van der Waals surface area (Å²) in [5.41, 5.74) is 3.17. The third-order valence-corrected chi connectivity index (χ3v) is 1.57. The van der Waals surface area contributed by atoms with Crippen molar-refractivity contribution in [2.24, 2.45) is 5.84 Å². The normalized spacial score (nSPS) is 8.54. The molecule has 0 radical (unpaired) electrons. The summed E-state index contributed by atoms with van der Waals surface area (Å²) in [4.78, 5) is 0. The molecule has 3 N–H and O–H groups in total. The number of methoxy groups -OCH3 is 2. The Labute approximate surface area is 87.8 Å². The highest BCUT2D eigenvalue weighted by atomic mass is 79.9. The van der Waals surface area contributed by atoms with E-state index >= 15 is 0 Å². The number of halogens is 1. The third kappa shape index (κ3) is 2.50. The summed E-state index contributed by atoms with van der Waals surface area (Å²) < 4.78 is 10.1. The van der Waals surface area contributed by atoms with Crippen LogP contribution in [-0.4, -0.2) is 14.2 Å². The van der Waals surface area contributed by atoms with E-state index in [0.717, 1.165) is 0 Å². The van der Waals surface area contributed by atoms with Crippen LogP contribution in [0.25, 0.3) is 0 Å². The summed E-state index contributed by atoms with van der Waals surface area (Å²) in [5.74, 6) is 6.62. The molecule has 0 unspecified atom stereocenters. The van der Waals surface area contributed by atoms with Gasteiger partial charge in [0.2, 0.25) is 0 Å². The highest BCUT2D eigenvalue weighted by Crippen LogP contribution is 2.32. The molecule has 74 valence electrons. The van der Waals surface area contributed by atoms with Crippen molar-refractivity contribution in [3.05, 3.63) is 18.2 Å². The maximum atomic E-state index is 5.29. The van der Waals surface area contributed by atoms with Gasteiger partial charge in [0.05, 0.1) is 14.2 Å². The van der Waals surface area contributed by atoms with Crippen molar-refractivity contribution in [3.8, 4) is 11.5 Å². The second kappa shape index (κ2) is 5.66. The van der Waals surface area contributed by atoms with Gasteiger partial charge in [0, 0.05) is 0 Å². The van der Waals surface area contributed by atoms with Crippen LogP contribution in [-0.2, 0) is 0 Å². The van der Waals surface area contributed by atoms with Crippen LogP contribution in [0.3, 0.4) is 0 Å². The van der Waals surface area contributed by atoms with E-state index < -0.39 is 0 Å². The number of benzene rings is 1. The first-order valence-electron chi connectivity index (χ1n) is 3.51. The predicted molar refractivity (Wildman–Crippen MR) is 57.7 cm³/mol. The van der Waals surface area contributed by atoms with Crippen molar-refractivity contribution in [3.63, 3.8) is 0 Å². The molecule has 0 aliphatic heterocycles. The van der Waals surface area contributed by atoms with Crippen LogP contribution in [0, 0.1) is 0 Å². The highest BCUT2D eigenvalue weighted by Gasteiger charge is 2.06. The van der Waals surface area contributed by atoms with Crippen LogP contribution in [0.1, 0.15) is 0 Å². The van der Waals surface area contributed by atoms with Crippen molar-refractivity contribution in [1.82, 2.24) is 0 Å². The van der Waals surface area contributed by atoms with Crippen LogP contribution in [0.4, 0.5) is 5.69 Å². The van der Waals surface area contributed by atoms with Crippen LogP contribution in [0.5, 0.6) is 11.5 Å². The summed E-state index contributed by atoms with van der Waals surface area (Å²) in [5, 5.41) is 0. The molecule has 0 aromatic heterocycles. The third-order valence-electron chi connectivity index (χ3n) is 1.57. The van der Waals surface area contributed by atoms with Gasteiger partial charge < -0.3 is 14.9 Å². The lowest BCUT2D eigenvalue weighted by Gasteiger charge is -2.11. The van der Waals surface area contributed by atoms with Crippen molar-refractivity contribution < 1.29 is 9.47 Å². The summed E-state index contributed by atoms with van der Waals surface area (Å²) >= 11 is 0. The number of nitrogen functional groups attached to an aromatic ring is 1. The Morgan fingerprint density at radius 2 is 1.62 bits per heavy atom. The molecule has 0 heterocycles. The molecule has 0 spiro atoms. The van der Waals surface area contributed by atoms with E-state index in [4.69, 9.17) is 15.3 Å². The minimum absolute atomic E-state index is 0. The lowest BCUT2D eigenvalue weighted by atomic mass is 10.3. The first-order valence-corrected chi connectivity index (χ1v) is 3.51. The number of hydrazine groups is 1. The van der Waals surface area contributed by atoms with Gasteiger partial charge in [-0.3, -0.25) is 5.84 Å². The fourth-order valence-electron chi connectivity index (χ4n) is 0.993. The molecule has 0 atom stereocenters. The Morgan fingerprint density at radius 1 is 1.15 bits per heavy atom. The molecule has 0 saturated heterocycles. The number of hydrogen-bond donors (Lipinski definition) is 2. The smallest absolute Gasteiger partial charge is 0.147 e. The molecule has 0 amide bonds. The summed E-state index contributed by atoms with van der Waals surface area (Å²) in [6.45, 7) is 0. The van der Waals surface area contributed by atoms with Gasteiger partial charge in [-0.25, -0.2) is 0 Å². The predicted octanol–water partition coefficient (Wildman–Crippen LogP) is 1.57. The van der Waals surface area contributed by atoms with Crippen molar-refractivity contribution >= 4 is 22.7 Å². The van der Waals surface area contributed by atoms with Crippen molar-refractivity contribution in [2.75, 3.05) is 19.6 Å². The van der Waals surface area contributed by atoms with Gasteiger partial charge in [-0.15, -0.1) is 17.0 Å². The quantitative estimate of drug-likeness (QED) is 0.630. The summed E-state index contributed by atoms with van der Waals surface area (Å²) in [6, 6.07) is 5.44. The van der Waals surface area contributed by atoms with Crippen LogP contribution < -0.4 is 20.7 Å². The first-order chi connectivity index (χ1) is 5.83. The number of anilines is 1. The molecule has 0 saturated carbocycles. The topological polar surface area (TPSA) is 56.5 Å². The number of ether oxygens (including phenoxy) is 2. The standard InChI is InChI=1S/C8H12N2O2.BrH/c1-11-6-4-3-5-7(12-2)8(6)10-9;/h3-5,10H,9H2,1-2H3;1H. The maximum absolute atomic E-state index is 5.29. The SMILES string of the molecule is Br.COc1cccc(OC)c1NN. The highest BCUT2D eigenvalue weighted by molar-refractivity contribution is 8.93. The average Bonchev–Trinajstić information content (AvgIpc) is 2.16. The Kier molecular flexibility index (Phi) is 5.25. The van der Waals surface area contributed by atoms with E-state index in [-0.39, 0.29) is 17.0 Å². The van der Waals surface area contributed by atoms with Gasteiger partial charge >= 0.3 is 0 Å². The molecule has 13 heavy (non-hydrogen) atoms. The molecule has 0 fully saturated rings. The van der Waals surface area contributed by atoms with Crippen LogP contribution in [0.15, 0.2) is 18.2 Å². The summed E-state index contributed by atoms with van der Waals surface area (Å²) in [7, 11) is 3.16. The van der Waals surface area contributed by atoms with Crippen LogP contribution in [0.2, 0.25) is 0 Å². The molecule has 1 aromatic rings. The van der Waals surface area contributed by atoms with E-state index in [0.29, 0.717) is 17.2 Å². The zero-order chi connectivity index (χ0) is 8.97. The Bertz CT molecular complexity index is 246. The van der Waals surface area contributed by atoms with Gasteiger partial charge in [-0.2, -0.15) is 0 Å². The summed E-state index contributed by atoms with van der Waals surface area (Å²) in [6.07, 6.45) is 0. The van der Waals surface area contributed by atoms with Gasteiger partial charge in [0.15, 0.2) is 0 Å². The Morgan fingerprint density at radius 3 is 1.92 bits per heavy atom. The zero-order valence-electron chi connectivity index (χ0n) is 7.53. The second-order valence-electron chi connectivity index (χ2n) is 2.18. The van der Waals surface area contributed by atoms with E-state index in [9.17, 15) is 0 Å². The molecule has 0 aliphatic carbocycles. The van der Waals surface area contributed by atoms with E-state index in [1.165, 1.54) is 0 Å². The fraction of sp³-hybridized carbons (Fsp3) is 0.250. The zero-order valence-corrected chi connectivity index (χ0v) is 9.25. The number of nitrogens with two attached hydrogens (primary N) is 1. The fourth-order valence-corrected chi connectivity index (χ4v) is 0.993. The molecule has 5 heteroatoms. The first kappa shape index (κ1) is 12.1. The van der Waals surface area contributed by atoms with Gasteiger partial charge in [0.1, 0.15) is 17.2 Å². The molecule has 0 aliphatic rings. The Balaban J connectivity index is 0.00000144. The van der Waals surface area contributed by atoms with E-state index in [2.05, 4.69) is 5.43 Å². The molecular weight excluding hydrogens is 236 g/mol. The monoisotopic (exact) mass is 248 g/mol. The Hall–Kier alpha value is -0.940. The lowest BCUT2D eigenvalue weighted by Crippen LogP contribution is -2.09. The van der Waals surface area contributed by atoms with Gasteiger partial charge in [0.25, 0.3) is 0 Å². The second-order valence-corrected chi connectivity index (χ2v) is 2.18. The molecular formula is C8H13BrN2O2. The largest absolute Gasteiger partial charge is 0.494 e. The number of rotatable bonds is 3. The average molecular weight is 249 g/mol. The molecule has 1 aromatic carbocycles. The number of para-hydroxylation sites is 1. The number of nitrogens with one attached hydrogen (secondary N) is 1. The van der Waals surface area contributed by atoms with Gasteiger partial charge in [-0.05, 0) is 12.1 Å². The van der Waals surface area contributed by atoms with Crippen molar-refractivity contribution in [1.29, 1.82) is 0 Å². The van der Waals surface area contributed by atoms with Crippen LogP contribution >= 0.6 is 17.0 Å². The van der Waals surface area contributed by atoms with E-state index in [1.807, 2.05) is 6.07 Å². The minimum atomic E-state index is 0. The molecule has 4 nitrogen and oxygen atoms in total. The number of hydrogen-bond acceptors (Lipinski definition) is 4. The molecule has 0 bridgehead atoms. The van der Waals surface area contributed by atoms with Gasteiger partial charge in [-0.1, -0.05) is 6.07 Å². The van der Waals surface area contributed by atoms with E-state index in [1.54, 1.807) is 26.4 Å². The maximum Gasteiger partial charge on any atom is 0.147 e. The van der Waals surface area contributed by atoms with Crippen molar-refractivity contribution in [2.45, 2.75) is 0 Å². The minimum Gasteiger partial charge on any atom is -0.494 e.